The monoisotopic (exact) mass is 883 g/mol. The van der Waals surface area contributed by atoms with Crippen LogP contribution < -0.4 is 4.57 Å². The van der Waals surface area contributed by atoms with Crippen LogP contribution >= 0.6 is 11.3 Å². The summed E-state index contributed by atoms with van der Waals surface area (Å²) < 4.78 is 4.65. The Morgan fingerprint density at radius 1 is 0.843 bits per heavy atom. The number of aliphatic hydroxyl groups is 1. The van der Waals surface area contributed by atoms with Crippen molar-refractivity contribution in [2.45, 2.75) is 114 Å². The fraction of sp³-hybridized carbons (Fsp3) is 0.435. The van der Waals surface area contributed by atoms with E-state index in [2.05, 4.69) is 109 Å². The van der Waals surface area contributed by atoms with E-state index in [1.54, 1.807) is 0 Å². The second-order valence-corrected chi connectivity index (χ2v) is 17.1. The smallest absolute Gasteiger partial charge is 0.164 e. The van der Waals surface area contributed by atoms with Gasteiger partial charge in [-0.3, -0.25) is 4.79 Å². The molecular weight excluding hydrogens is 823 g/mol. The molecule has 1 N–H and O–H groups in total. The fourth-order valence-electron chi connectivity index (χ4n) is 6.70. The summed E-state index contributed by atoms with van der Waals surface area (Å²) in [6.07, 6.45) is 7.95. The molecule has 5 rings (SSSR count). The molecule has 51 heavy (non-hydrogen) atoms. The van der Waals surface area contributed by atoms with E-state index in [1.807, 2.05) is 57.4 Å². The first-order valence-corrected chi connectivity index (χ1v) is 19.3. The van der Waals surface area contributed by atoms with E-state index in [-0.39, 0.29) is 47.9 Å². The van der Waals surface area contributed by atoms with Crippen LogP contribution in [0.5, 0.6) is 0 Å². The van der Waals surface area contributed by atoms with E-state index in [4.69, 9.17) is 0 Å². The summed E-state index contributed by atoms with van der Waals surface area (Å²) in [4.78, 5) is 12.2. The van der Waals surface area contributed by atoms with E-state index in [0.29, 0.717) is 5.92 Å². The first kappa shape index (κ1) is 42.3. The van der Waals surface area contributed by atoms with Gasteiger partial charge in [0.15, 0.2) is 5.78 Å². The van der Waals surface area contributed by atoms with E-state index in [9.17, 15) is 9.90 Å². The number of fused-ring (bicyclic) bond motifs is 4. The molecule has 0 saturated heterocycles. The van der Waals surface area contributed by atoms with Gasteiger partial charge in [-0.2, -0.15) is 12.5 Å². The van der Waals surface area contributed by atoms with E-state index >= 15 is 0 Å². The summed E-state index contributed by atoms with van der Waals surface area (Å²) in [6.45, 7) is 28.1. The summed E-state index contributed by atoms with van der Waals surface area (Å²) in [5, 5.41) is 15.3. The Morgan fingerprint density at radius 2 is 1.43 bits per heavy atom. The van der Waals surface area contributed by atoms with Crippen molar-refractivity contribution in [2.24, 2.45) is 16.7 Å². The molecule has 0 aliphatic rings. The van der Waals surface area contributed by atoms with Gasteiger partial charge in [0.2, 0.25) is 0 Å². The van der Waals surface area contributed by atoms with Crippen LogP contribution in [0, 0.1) is 30.7 Å². The number of rotatable bonds is 10. The molecule has 0 bridgehead atoms. The minimum absolute atomic E-state index is 0. The minimum Gasteiger partial charge on any atom is -0.512 e. The molecule has 3 aromatic carbocycles. The molecule has 3 nitrogen and oxygen atoms in total. The molecular formula is C46H60IrNO2S-. The van der Waals surface area contributed by atoms with Crippen molar-refractivity contribution in [3.05, 3.63) is 103 Å². The van der Waals surface area contributed by atoms with Crippen LogP contribution in [0.3, 0.4) is 0 Å². The number of ketones is 1. The van der Waals surface area contributed by atoms with Gasteiger partial charge in [0.05, 0.1) is 11.9 Å². The number of aromatic nitrogens is 1. The maximum Gasteiger partial charge on any atom is 0.164 e. The van der Waals surface area contributed by atoms with Gasteiger partial charge in [-0.1, -0.05) is 117 Å². The minimum atomic E-state index is -0.337. The molecule has 1 radical (unpaired) electrons. The first-order valence-electron chi connectivity index (χ1n) is 18.5. The fourth-order valence-corrected chi connectivity index (χ4v) is 8.03. The standard InChI is InChI=1S/C31H32NS.C15H28O2.Ir/c1-19(2)16-21-12-13-24-25-14-15-32(7)29(30(25)33-28(24)17-21)26-18-27(31(4,5)6)23-11-9-8-10-22(23)20(26)3;1-7-14(5,8-2)12(16)11-13(17)15(6,9-3)10-4;/h8-15,17-19H,3,7,16H2,1-2,4-6H3;11,16H,7-10H2,1-6H3;/q-1;;/b;12-11-;. The zero-order chi connectivity index (χ0) is 37.2. The Bertz CT molecular complexity index is 2020. The van der Waals surface area contributed by atoms with Crippen molar-refractivity contribution in [3.8, 4) is 11.3 Å². The Kier molecular flexibility index (Phi) is 13.9. The summed E-state index contributed by atoms with van der Waals surface area (Å²) in [6, 6.07) is 20.2. The topological polar surface area (TPSA) is 41.2 Å². The third-order valence-corrected chi connectivity index (χ3v) is 12.4. The average molecular weight is 883 g/mol. The van der Waals surface area contributed by atoms with Gasteiger partial charge in [0.1, 0.15) is 5.76 Å². The average Bonchev–Trinajstić information content (AvgIpc) is 3.45. The zero-order valence-electron chi connectivity index (χ0n) is 32.9. The quantitative estimate of drug-likeness (QED) is 0.0657. The Labute approximate surface area is 325 Å². The van der Waals surface area contributed by atoms with E-state index in [0.717, 1.165) is 43.4 Å². The number of carbonyl (C=O) groups excluding carboxylic acids is 1. The van der Waals surface area contributed by atoms with Gasteiger partial charge < -0.3 is 9.67 Å². The number of pyridine rings is 1. The summed E-state index contributed by atoms with van der Waals surface area (Å²) in [7, 11) is 4.38. The Morgan fingerprint density at radius 3 is 1.98 bits per heavy atom. The van der Waals surface area contributed by atoms with Crippen LogP contribution in [0.4, 0.5) is 0 Å². The third-order valence-electron chi connectivity index (χ3n) is 11.2. The van der Waals surface area contributed by atoms with Crippen molar-refractivity contribution in [3.63, 3.8) is 0 Å². The summed E-state index contributed by atoms with van der Waals surface area (Å²) in [5.41, 5.74) is 5.57. The van der Waals surface area contributed by atoms with E-state index < -0.39 is 0 Å². The van der Waals surface area contributed by atoms with Crippen molar-refractivity contribution in [1.29, 1.82) is 0 Å². The first-order chi connectivity index (χ1) is 23.4. The molecule has 0 aliphatic carbocycles. The normalized spacial score (nSPS) is 12.7. The summed E-state index contributed by atoms with van der Waals surface area (Å²) in [5.74, 6) is 0.935. The molecule has 0 atom stereocenters. The number of thiophene rings is 1. The number of allylic oxidation sites excluding steroid dienone is 2. The van der Waals surface area contributed by atoms with Crippen molar-refractivity contribution in [2.75, 3.05) is 0 Å². The molecule has 277 valence electrons. The van der Waals surface area contributed by atoms with Crippen LogP contribution in [0.25, 0.3) is 42.2 Å². The molecule has 2 heterocycles. The molecule has 0 spiro atoms. The molecule has 2 aromatic heterocycles. The van der Waals surface area contributed by atoms with Gasteiger partial charge in [-0.05, 0) is 71.9 Å². The molecule has 0 fully saturated rings. The Balaban J connectivity index is 0.000000335. The maximum atomic E-state index is 12.2. The molecule has 5 heteroatoms. The van der Waals surface area contributed by atoms with Crippen molar-refractivity contribution >= 4 is 48.1 Å². The van der Waals surface area contributed by atoms with Crippen LogP contribution in [0.1, 0.15) is 119 Å². The number of benzene rings is 3. The Hall–Kier alpha value is -3.11. The largest absolute Gasteiger partial charge is 0.512 e. The molecule has 0 saturated carbocycles. The van der Waals surface area contributed by atoms with Gasteiger partial charge in [0, 0.05) is 53.5 Å². The van der Waals surface area contributed by atoms with Crippen molar-refractivity contribution in [1.82, 2.24) is 0 Å². The van der Waals surface area contributed by atoms with Crippen LogP contribution in [0.15, 0.2) is 72.6 Å². The number of nitrogens with zero attached hydrogens (tertiary/aromatic N) is 1. The zero-order valence-corrected chi connectivity index (χ0v) is 36.1. The van der Waals surface area contributed by atoms with Gasteiger partial charge in [-0.25, -0.2) is 0 Å². The molecule has 5 aromatic rings. The molecule has 0 unspecified atom stereocenters. The maximum absolute atomic E-state index is 12.2. The predicted molar refractivity (Wildman–Crippen MR) is 218 cm³/mol. The van der Waals surface area contributed by atoms with Crippen LogP contribution in [0.2, 0.25) is 0 Å². The van der Waals surface area contributed by atoms with Crippen LogP contribution in [-0.2, 0) is 36.7 Å². The number of carbonyl (C=O) groups is 1. The van der Waals surface area contributed by atoms with E-state index in [1.165, 1.54) is 53.7 Å². The molecule has 0 amide bonds. The number of hydrogen-bond donors (Lipinski definition) is 1. The summed E-state index contributed by atoms with van der Waals surface area (Å²) >= 11 is 1.88. The predicted octanol–water partition coefficient (Wildman–Crippen LogP) is 13.1. The SMILES string of the molecule is CCC(C)(CC)C(=O)/C=C(\O)C(C)(CC)CC.[CH2-]c1c(-c2c3sc4cc(CC(C)C)ccc4c3cc[n+]2[CH2-])cc(C(C)(C)C)c2ccccc12.[Ir]. The number of aliphatic hydroxyl groups excluding tert-OH is 1. The second-order valence-electron chi connectivity index (χ2n) is 16.1. The van der Waals surface area contributed by atoms with Gasteiger partial charge in [0.25, 0.3) is 0 Å². The third kappa shape index (κ3) is 8.75. The molecule has 0 aliphatic heterocycles. The van der Waals surface area contributed by atoms with Gasteiger partial charge in [-0.15, -0.1) is 34.4 Å². The van der Waals surface area contributed by atoms with Crippen molar-refractivity contribution < 1.29 is 34.6 Å². The van der Waals surface area contributed by atoms with Gasteiger partial charge >= 0.3 is 0 Å². The van der Waals surface area contributed by atoms with Crippen LogP contribution in [-0.4, -0.2) is 10.9 Å². The second kappa shape index (κ2) is 16.7. The number of hydrogen-bond acceptors (Lipinski definition) is 3.